The molecule has 198 valence electrons. The first-order valence-corrected chi connectivity index (χ1v) is 11.9. The Kier molecular flexibility index (Phi) is 8.76. The van der Waals surface area contributed by atoms with E-state index in [-0.39, 0.29) is 62.5 Å². The van der Waals surface area contributed by atoms with Crippen LogP contribution in [0.5, 0.6) is 0 Å². The van der Waals surface area contributed by atoms with Crippen LogP contribution in [0.1, 0.15) is 45.4 Å². The summed E-state index contributed by atoms with van der Waals surface area (Å²) in [6.45, 7) is 2.02. The predicted octanol–water partition coefficient (Wildman–Crippen LogP) is 1.87. The van der Waals surface area contributed by atoms with Crippen molar-refractivity contribution in [2.75, 3.05) is 36.8 Å². The van der Waals surface area contributed by atoms with E-state index in [1.807, 2.05) is 6.92 Å². The normalized spacial score (nSPS) is 28.9. The van der Waals surface area contributed by atoms with Crippen LogP contribution in [-0.4, -0.2) is 81.1 Å². The van der Waals surface area contributed by atoms with Gasteiger partial charge in [-0.25, -0.2) is 9.97 Å². The minimum Gasteiger partial charge on any atom is -0.389 e. The molecule has 0 aromatic carbocycles. The van der Waals surface area contributed by atoms with Gasteiger partial charge < -0.3 is 26.6 Å². The quantitative estimate of drug-likeness (QED) is 0.320. The van der Waals surface area contributed by atoms with Crippen LogP contribution in [0.25, 0.3) is 0 Å². The molecule has 1 aliphatic carbocycles. The number of alkyl halides is 3. The second-order valence-corrected chi connectivity index (χ2v) is 9.62. The Labute approximate surface area is 201 Å². The lowest BCUT2D eigenvalue weighted by Crippen LogP contribution is -2.59. The van der Waals surface area contributed by atoms with Gasteiger partial charge in [-0.1, -0.05) is 6.92 Å². The number of halogens is 4. The van der Waals surface area contributed by atoms with Crippen LogP contribution in [-0.2, 0) is 4.79 Å². The molecule has 35 heavy (non-hydrogen) atoms. The number of piperidine rings is 1. The third-order valence-electron chi connectivity index (χ3n) is 7.21. The molecule has 2 heterocycles. The van der Waals surface area contributed by atoms with Crippen LogP contribution in [0.3, 0.4) is 0 Å². The number of anilines is 2. The zero-order valence-corrected chi connectivity index (χ0v) is 19.7. The molecule has 1 aromatic heterocycles. The molecule has 3 atom stereocenters. The van der Waals surface area contributed by atoms with Crippen molar-refractivity contribution in [1.82, 2.24) is 14.9 Å². The second kappa shape index (κ2) is 11.2. The Bertz CT molecular complexity index is 868. The summed E-state index contributed by atoms with van der Waals surface area (Å²) in [6, 6.07) is -0.248. The number of rotatable bonds is 9. The van der Waals surface area contributed by atoms with Gasteiger partial charge >= 0.3 is 6.18 Å². The highest BCUT2D eigenvalue weighted by Crippen LogP contribution is 2.41. The summed E-state index contributed by atoms with van der Waals surface area (Å²) in [5.74, 6) is -2.88. The number of hydrogen-bond donors (Lipinski definition) is 5. The second-order valence-electron chi connectivity index (χ2n) is 9.62. The number of aliphatic hydroxyl groups excluding tert-OH is 1. The van der Waals surface area contributed by atoms with Gasteiger partial charge in [0.2, 0.25) is 11.7 Å². The molecule has 0 radical (unpaired) electrons. The maximum absolute atomic E-state index is 15.1. The number of amides is 1. The van der Waals surface area contributed by atoms with Crippen molar-refractivity contribution in [1.29, 1.82) is 0 Å². The summed E-state index contributed by atoms with van der Waals surface area (Å²) in [5, 5.41) is 27.0. The van der Waals surface area contributed by atoms with Crippen LogP contribution in [0, 0.1) is 17.7 Å². The Morgan fingerprint density at radius 1 is 1.29 bits per heavy atom. The van der Waals surface area contributed by atoms with Gasteiger partial charge in [-0.3, -0.25) is 9.69 Å². The van der Waals surface area contributed by atoms with Gasteiger partial charge in [0, 0.05) is 25.7 Å². The molecule has 2 aliphatic rings. The number of β-amino-alcohol motifs (C(OH)–C–C–N with tert-alkyl or cyclic N) is 1. The van der Waals surface area contributed by atoms with Crippen molar-refractivity contribution in [2.45, 2.75) is 69.4 Å². The number of nitrogens with two attached hydrogens (primary N) is 1. The van der Waals surface area contributed by atoms with E-state index in [0.717, 1.165) is 6.33 Å². The SMILES string of the molecule is CCC(Nc1ncnc(NCC2(O)CCN(CC(N)=O)CC2O)c1F)C1CCC(C(F)(F)F)CC1. The Balaban J connectivity index is 1.60. The number of carbonyl (C=O) groups excluding carboxylic acids is 1. The van der Waals surface area contributed by atoms with E-state index < -0.39 is 35.5 Å². The van der Waals surface area contributed by atoms with Gasteiger partial charge in [-0.05, 0) is 44.4 Å². The number of aromatic nitrogens is 2. The molecule has 1 amide bonds. The van der Waals surface area contributed by atoms with Gasteiger partial charge in [0.15, 0.2) is 11.6 Å². The van der Waals surface area contributed by atoms with E-state index in [4.69, 9.17) is 5.73 Å². The van der Waals surface area contributed by atoms with Gasteiger partial charge in [0.25, 0.3) is 0 Å². The van der Waals surface area contributed by atoms with Gasteiger partial charge in [-0.2, -0.15) is 17.6 Å². The van der Waals surface area contributed by atoms with Crippen molar-refractivity contribution in [3.05, 3.63) is 12.1 Å². The highest BCUT2D eigenvalue weighted by Gasteiger charge is 2.43. The molecule has 0 spiro atoms. The first-order chi connectivity index (χ1) is 16.4. The largest absolute Gasteiger partial charge is 0.391 e. The molecule has 3 unspecified atom stereocenters. The van der Waals surface area contributed by atoms with Crippen molar-refractivity contribution in [2.24, 2.45) is 17.6 Å². The lowest BCUT2D eigenvalue weighted by molar-refractivity contribution is -0.184. The van der Waals surface area contributed by atoms with Crippen LogP contribution >= 0.6 is 0 Å². The summed E-state index contributed by atoms with van der Waals surface area (Å²) in [7, 11) is 0. The van der Waals surface area contributed by atoms with Gasteiger partial charge in [0.1, 0.15) is 11.9 Å². The Hall–Kier alpha value is -2.25. The van der Waals surface area contributed by atoms with E-state index in [9.17, 15) is 28.2 Å². The number of hydrogen-bond acceptors (Lipinski definition) is 8. The molecule has 1 aliphatic heterocycles. The van der Waals surface area contributed by atoms with Crippen LogP contribution in [0.15, 0.2) is 6.33 Å². The number of aliphatic hydroxyl groups is 2. The smallest absolute Gasteiger partial charge is 0.389 e. The lowest BCUT2D eigenvalue weighted by Gasteiger charge is -2.41. The maximum atomic E-state index is 15.1. The minimum absolute atomic E-state index is 0.0351. The fraction of sp³-hybridized carbons (Fsp3) is 0.773. The molecule has 2 fully saturated rings. The van der Waals surface area contributed by atoms with Crippen LogP contribution < -0.4 is 16.4 Å². The zero-order valence-electron chi connectivity index (χ0n) is 19.7. The Morgan fingerprint density at radius 3 is 2.51 bits per heavy atom. The highest BCUT2D eigenvalue weighted by atomic mass is 19.4. The number of nitrogens with zero attached hydrogens (tertiary/aromatic N) is 3. The first-order valence-electron chi connectivity index (χ1n) is 11.9. The number of nitrogens with one attached hydrogen (secondary N) is 2. The van der Waals surface area contributed by atoms with Crippen LogP contribution in [0.2, 0.25) is 0 Å². The van der Waals surface area contributed by atoms with E-state index in [0.29, 0.717) is 25.8 Å². The molecule has 3 rings (SSSR count). The number of carbonyl (C=O) groups is 1. The molecule has 1 saturated heterocycles. The van der Waals surface area contributed by atoms with E-state index >= 15 is 4.39 Å². The summed E-state index contributed by atoms with van der Waals surface area (Å²) in [4.78, 5) is 20.6. The summed E-state index contributed by atoms with van der Waals surface area (Å²) in [5.41, 5.74) is 3.61. The summed E-state index contributed by atoms with van der Waals surface area (Å²) < 4.78 is 54.1. The number of likely N-dealkylation sites (tertiary alicyclic amines) is 1. The van der Waals surface area contributed by atoms with Crippen molar-refractivity contribution in [3.63, 3.8) is 0 Å². The van der Waals surface area contributed by atoms with E-state index in [1.54, 1.807) is 4.90 Å². The molecule has 9 nitrogen and oxygen atoms in total. The molecule has 0 bridgehead atoms. The fourth-order valence-corrected chi connectivity index (χ4v) is 5.00. The van der Waals surface area contributed by atoms with Crippen LogP contribution in [0.4, 0.5) is 29.2 Å². The minimum atomic E-state index is -4.18. The molecular formula is C22H34F4N6O3. The van der Waals surface area contributed by atoms with Crippen molar-refractivity contribution >= 4 is 17.5 Å². The highest BCUT2D eigenvalue weighted by molar-refractivity contribution is 5.75. The number of primary amides is 1. The first kappa shape index (κ1) is 27.3. The topological polar surface area (TPSA) is 137 Å². The third-order valence-corrected chi connectivity index (χ3v) is 7.21. The average molecular weight is 507 g/mol. The molecular weight excluding hydrogens is 472 g/mol. The molecule has 6 N–H and O–H groups in total. The van der Waals surface area contributed by atoms with Gasteiger partial charge in [-0.15, -0.1) is 0 Å². The maximum Gasteiger partial charge on any atom is 0.391 e. The fourth-order valence-electron chi connectivity index (χ4n) is 5.00. The van der Waals surface area contributed by atoms with E-state index in [1.165, 1.54) is 0 Å². The standard InChI is InChI=1S/C22H34F4N6O3/c1-2-15(13-3-5-14(6-4-13)22(24,25)26)31-20-18(23)19(29-12-30-20)28-11-21(35)7-8-32(9-16(21)33)10-17(27)34/h12-16,33,35H,2-11H2,1H3,(H2,27,34)(H2,28,29,30,31). The van der Waals surface area contributed by atoms with E-state index in [2.05, 4.69) is 20.6 Å². The summed E-state index contributed by atoms with van der Waals surface area (Å²) in [6.07, 6.45) is -2.61. The van der Waals surface area contributed by atoms with Crippen molar-refractivity contribution < 1.29 is 32.6 Å². The Morgan fingerprint density at radius 2 is 1.94 bits per heavy atom. The van der Waals surface area contributed by atoms with Gasteiger partial charge in [0.05, 0.1) is 18.6 Å². The summed E-state index contributed by atoms with van der Waals surface area (Å²) >= 11 is 0. The third kappa shape index (κ3) is 6.91. The molecule has 1 aromatic rings. The molecule has 13 heteroatoms. The zero-order chi connectivity index (χ0) is 25.8. The monoisotopic (exact) mass is 506 g/mol. The predicted molar refractivity (Wildman–Crippen MR) is 121 cm³/mol. The average Bonchev–Trinajstić information content (AvgIpc) is 2.79. The molecule has 1 saturated carbocycles. The lowest BCUT2D eigenvalue weighted by atomic mass is 9.77. The van der Waals surface area contributed by atoms with Crippen molar-refractivity contribution in [3.8, 4) is 0 Å².